The van der Waals surface area contributed by atoms with Crippen molar-refractivity contribution in [2.45, 2.75) is 39.2 Å². The second-order valence-electron chi connectivity index (χ2n) is 8.24. The lowest BCUT2D eigenvalue weighted by Crippen LogP contribution is -2.45. The fourth-order valence-corrected chi connectivity index (χ4v) is 3.48. The normalized spacial score (nSPS) is 17.8. The third-order valence-corrected chi connectivity index (χ3v) is 4.72. The van der Waals surface area contributed by atoms with Crippen molar-refractivity contribution in [2.75, 3.05) is 26.7 Å². The van der Waals surface area contributed by atoms with Crippen LogP contribution in [0.25, 0.3) is 10.9 Å². The van der Waals surface area contributed by atoms with Crippen molar-refractivity contribution in [3.63, 3.8) is 0 Å². The number of carbonyl (C=O) groups excluding carboxylic acids is 2. The Hall–Kier alpha value is -2.57. The van der Waals surface area contributed by atoms with Crippen LogP contribution in [0.2, 0.25) is 0 Å². The summed E-state index contributed by atoms with van der Waals surface area (Å²) in [7, 11) is 1.75. The number of H-pyrrole nitrogens is 1. The van der Waals surface area contributed by atoms with Crippen LogP contribution in [0.15, 0.2) is 24.3 Å². The zero-order valence-corrected chi connectivity index (χ0v) is 16.5. The summed E-state index contributed by atoms with van der Waals surface area (Å²) in [6.07, 6.45) is 1.57. The highest BCUT2D eigenvalue weighted by molar-refractivity contribution is 6.04. The van der Waals surface area contributed by atoms with Crippen LogP contribution < -0.4 is 0 Å². The summed E-state index contributed by atoms with van der Waals surface area (Å²) in [4.78, 5) is 28.6. The summed E-state index contributed by atoms with van der Waals surface area (Å²) in [5, 5.41) is 7.99. The average molecular weight is 372 g/mol. The lowest BCUT2D eigenvalue weighted by molar-refractivity contribution is 0.0244. The van der Waals surface area contributed by atoms with Gasteiger partial charge in [-0.2, -0.15) is 5.10 Å². The van der Waals surface area contributed by atoms with Crippen LogP contribution in [0.4, 0.5) is 4.79 Å². The number of hydrogen-bond acceptors (Lipinski definition) is 4. The van der Waals surface area contributed by atoms with E-state index in [0.717, 1.165) is 23.7 Å². The van der Waals surface area contributed by atoms with E-state index in [1.807, 2.05) is 49.9 Å². The predicted molar refractivity (Wildman–Crippen MR) is 104 cm³/mol. The highest BCUT2D eigenvalue weighted by Crippen LogP contribution is 2.22. The van der Waals surface area contributed by atoms with E-state index in [-0.39, 0.29) is 17.9 Å². The Labute approximate surface area is 159 Å². The van der Waals surface area contributed by atoms with Crippen LogP contribution in [0, 0.1) is 5.92 Å². The van der Waals surface area contributed by atoms with Crippen LogP contribution in [-0.4, -0.2) is 64.3 Å². The van der Waals surface area contributed by atoms with E-state index in [0.29, 0.717) is 25.3 Å². The maximum absolute atomic E-state index is 13.0. The fourth-order valence-electron chi connectivity index (χ4n) is 3.48. The first-order valence-corrected chi connectivity index (χ1v) is 9.41. The number of likely N-dealkylation sites (tertiary alicyclic amines) is 1. The third-order valence-electron chi connectivity index (χ3n) is 4.72. The van der Waals surface area contributed by atoms with Gasteiger partial charge in [-0.05, 0) is 45.6 Å². The Bertz CT molecular complexity index is 824. The number of amides is 2. The topological polar surface area (TPSA) is 78.5 Å². The van der Waals surface area contributed by atoms with Crippen LogP contribution >= 0.6 is 0 Å². The molecule has 0 aliphatic carbocycles. The van der Waals surface area contributed by atoms with Crippen LogP contribution in [0.5, 0.6) is 0 Å². The molecule has 3 rings (SSSR count). The standard InChI is InChI=1S/C20H28N4O3/c1-20(2,3)27-19(26)23(4)12-14-8-7-11-24(13-14)18(25)17-15-9-5-6-10-16(15)21-22-17/h5-6,9-10,14H,7-8,11-13H2,1-4H3,(H,21,22)/t14-/m1/s1. The summed E-state index contributed by atoms with van der Waals surface area (Å²) < 4.78 is 5.41. The van der Waals surface area contributed by atoms with Crippen LogP contribution in [0.1, 0.15) is 44.1 Å². The maximum Gasteiger partial charge on any atom is 0.410 e. The Kier molecular flexibility index (Phi) is 5.39. The van der Waals surface area contributed by atoms with E-state index in [9.17, 15) is 9.59 Å². The minimum Gasteiger partial charge on any atom is -0.444 e. The molecule has 1 fully saturated rings. The minimum atomic E-state index is -0.513. The highest BCUT2D eigenvalue weighted by Gasteiger charge is 2.29. The maximum atomic E-state index is 13.0. The number of rotatable bonds is 3. The van der Waals surface area contributed by atoms with E-state index in [2.05, 4.69) is 10.2 Å². The number of fused-ring (bicyclic) bond motifs is 1. The lowest BCUT2D eigenvalue weighted by Gasteiger charge is -2.34. The summed E-state index contributed by atoms with van der Waals surface area (Å²) in [6.45, 7) is 7.47. The van der Waals surface area contributed by atoms with Gasteiger partial charge in [-0.1, -0.05) is 18.2 Å². The molecule has 1 aliphatic heterocycles. The molecule has 146 valence electrons. The van der Waals surface area contributed by atoms with Gasteiger partial charge < -0.3 is 14.5 Å². The second kappa shape index (κ2) is 7.58. The molecule has 2 amide bonds. The monoisotopic (exact) mass is 372 g/mol. The Morgan fingerprint density at radius 2 is 2.07 bits per heavy atom. The molecule has 1 saturated heterocycles. The van der Waals surface area contributed by atoms with Gasteiger partial charge >= 0.3 is 6.09 Å². The first-order valence-electron chi connectivity index (χ1n) is 9.41. The summed E-state index contributed by atoms with van der Waals surface area (Å²) in [5.74, 6) is 0.169. The number of ether oxygens (including phenoxy) is 1. The van der Waals surface area contributed by atoms with E-state index >= 15 is 0 Å². The molecular weight excluding hydrogens is 344 g/mol. The molecule has 2 heterocycles. The quantitative estimate of drug-likeness (QED) is 0.897. The molecule has 0 bridgehead atoms. The fraction of sp³-hybridized carbons (Fsp3) is 0.550. The van der Waals surface area contributed by atoms with Crippen molar-refractivity contribution >= 4 is 22.9 Å². The van der Waals surface area contributed by atoms with Gasteiger partial charge in [-0.3, -0.25) is 9.89 Å². The molecule has 1 aromatic carbocycles. The van der Waals surface area contributed by atoms with Gasteiger partial charge in [-0.25, -0.2) is 4.79 Å². The van der Waals surface area contributed by atoms with Crippen LogP contribution in [0.3, 0.4) is 0 Å². The van der Waals surface area contributed by atoms with Crippen molar-refractivity contribution in [1.82, 2.24) is 20.0 Å². The summed E-state index contributed by atoms with van der Waals surface area (Å²) >= 11 is 0. The number of piperidine rings is 1. The van der Waals surface area contributed by atoms with Gasteiger partial charge in [0.05, 0.1) is 5.52 Å². The molecule has 1 aliphatic rings. The Balaban J connectivity index is 1.64. The molecule has 0 saturated carbocycles. The SMILES string of the molecule is CN(C[C@H]1CCCN(C(=O)c2n[nH]c3ccccc23)C1)C(=O)OC(C)(C)C. The zero-order valence-electron chi connectivity index (χ0n) is 16.5. The van der Waals surface area contributed by atoms with Gasteiger partial charge in [-0.15, -0.1) is 0 Å². The van der Waals surface area contributed by atoms with Gasteiger partial charge in [0.25, 0.3) is 5.91 Å². The van der Waals surface area contributed by atoms with Gasteiger partial charge in [0.15, 0.2) is 5.69 Å². The number of nitrogens with one attached hydrogen (secondary N) is 1. The summed E-state index contributed by atoms with van der Waals surface area (Å²) in [6, 6.07) is 7.64. The molecule has 0 spiro atoms. The number of hydrogen-bond donors (Lipinski definition) is 1. The average Bonchev–Trinajstić information content (AvgIpc) is 3.04. The minimum absolute atomic E-state index is 0.0583. The Morgan fingerprint density at radius 3 is 2.81 bits per heavy atom. The van der Waals surface area contributed by atoms with Crippen molar-refractivity contribution in [1.29, 1.82) is 0 Å². The number of para-hydroxylation sites is 1. The second-order valence-corrected chi connectivity index (χ2v) is 8.24. The van der Waals surface area contributed by atoms with E-state index < -0.39 is 5.60 Å². The molecule has 1 aromatic heterocycles. The number of carbonyl (C=O) groups is 2. The van der Waals surface area contributed by atoms with Crippen molar-refractivity contribution < 1.29 is 14.3 Å². The van der Waals surface area contributed by atoms with Gasteiger partial charge in [0.2, 0.25) is 0 Å². The molecule has 0 unspecified atom stereocenters. The number of benzene rings is 1. The first kappa shape index (κ1) is 19.2. The van der Waals surface area contributed by atoms with Crippen molar-refractivity contribution in [3.05, 3.63) is 30.0 Å². The molecule has 1 atom stereocenters. The molecule has 2 aromatic rings. The number of nitrogens with zero attached hydrogens (tertiary/aromatic N) is 3. The number of aromatic amines is 1. The van der Waals surface area contributed by atoms with Crippen molar-refractivity contribution in [3.8, 4) is 0 Å². The molecule has 7 nitrogen and oxygen atoms in total. The largest absolute Gasteiger partial charge is 0.444 e. The molecule has 1 N–H and O–H groups in total. The number of aromatic nitrogens is 2. The zero-order chi connectivity index (χ0) is 19.6. The van der Waals surface area contributed by atoms with E-state index in [4.69, 9.17) is 4.74 Å². The molecule has 0 radical (unpaired) electrons. The van der Waals surface area contributed by atoms with Gasteiger partial charge in [0, 0.05) is 32.1 Å². The highest BCUT2D eigenvalue weighted by atomic mass is 16.6. The third kappa shape index (κ3) is 4.59. The predicted octanol–water partition coefficient (Wildman–Crippen LogP) is 3.28. The molecular formula is C20H28N4O3. The first-order chi connectivity index (χ1) is 12.7. The van der Waals surface area contributed by atoms with Crippen molar-refractivity contribution in [2.24, 2.45) is 5.92 Å². The summed E-state index contributed by atoms with van der Waals surface area (Å²) in [5.41, 5.74) is 0.812. The van der Waals surface area contributed by atoms with E-state index in [1.54, 1.807) is 11.9 Å². The smallest absolute Gasteiger partial charge is 0.410 e. The van der Waals surface area contributed by atoms with Crippen LogP contribution in [-0.2, 0) is 4.74 Å². The molecule has 27 heavy (non-hydrogen) atoms. The lowest BCUT2D eigenvalue weighted by atomic mass is 9.97. The molecule has 7 heteroatoms. The van der Waals surface area contributed by atoms with Gasteiger partial charge in [0.1, 0.15) is 5.60 Å². The Morgan fingerprint density at radius 1 is 1.33 bits per heavy atom. The van der Waals surface area contributed by atoms with E-state index in [1.165, 1.54) is 0 Å².